The molecule has 0 fully saturated rings. The smallest absolute Gasteiger partial charge is 0.257 e. The third kappa shape index (κ3) is 3.51. The van der Waals surface area contributed by atoms with E-state index in [-0.39, 0.29) is 12.5 Å². The molecule has 0 heterocycles. The van der Waals surface area contributed by atoms with Crippen LogP contribution in [0.1, 0.15) is 43.9 Å². The molecule has 1 aromatic rings. The minimum Gasteiger partial charge on any atom is -0.483 e. The Bertz CT molecular complexity index is 460. The molecular weight excluding hydrogens is 252 g/mol. The van der Waals surface area contributed by atoms with Crippen LogP contribution in [-0.2, 0) is 11.2 Å². The van der Waals surface area contributed by atoms with Crippen LogP contribution < -0.4 is 15.4 Å². The molecular formula is C16H24N2O2. The third-order valence-electron chi connectivity index (χ3n) is 3.65. The standard InChI is InChI=1S/C16H24N2O2/c1-3-17-14-9-5-8-13-12(14)7-6-10-15(13)20-11-16(19)18-4-2/h6-7,10,14,17H,3-5,8-9,11H2,1-2H3,(H,18,19). The van der Waals surface area contributed by atoms with E-state index in [4.69, 9.17) is 4.74 Å². The predicted octanol–water partition coefficient (Wildman–Crippen LogP) is 2.19. The van der Waals surface area contributed by atoms with Crippen LogP contribution in [0.4, 0.5) is 0 Å². The summed E-state index contributed by atoms with van der Waals surface area (Å²) in [4.78, 5) is 11.5. The van der Waals surface area contributed by atoms with Crippen molar-refractivity contribution in [2.75, 3.05) is 19.7 Å². The summed E-state index contributed by atoms with van der Waals surface area (Å²) in [5.41, 5.74) is 2.58. The Morgan fingerprint density at radius 3 is 2.95 bits per heavy atom. The molecule has 1 aliphatic rings. The Morgan fingerprint density at radius 2 is 2.20 bits per heavy atom. The number of hydrogen-bond donors (Lipinski definition) is 2. The van der Waals surface area contributed by atoms with Gasteiger partial charge in [0.2, 0.25) is 0 Å². The van der Waals surface area contributed by atoms with Gasteiger partial charge in [0.05, 0.1) is 0 Å². The summed E-state index contributed by atoms with van der Waals surface area (Å²) < 4.78 is 5.71. The largest absolute Gasteiger partial charge is 0.483 e. The first-order valence-electron chi connectivity index (χ1n) is 7.50. The van der Waals surface area contributed by atoms with Crippen molar-refractivity contribution in [3.63, 3.8) is 0 Å². The molecule has 1 atom stereocenters. The van der Waals surface area contributed by atoms with Gasteiger partial charge in [0.15, 0.2) is 6.61 Å². The number of nitrogens with one attached hydrogen (secondary N) is 2. The van der Waals surface area contributed by atoms with E-state index < -0.39 is 0 Å². The first-order chi connectivity index (χ1) is 9.76. The lowest BCUT2D eigenvalue weighted by atomic mass is 9.87. The van der Waals surface area contributed by atoms with Crippen molar-refractivity contribution in [3.05, 3.63) is 29.3 Å². The minimum absolute atomic E-state index is 0.0656. The number of hydrogen-bond acceptors (Lipinski definition) is 3. The highest BCUT2D eigenvalue weighted by atomic mass is 16.5. The molecule has 2 N–H and O–H groups in total. The van der Waals surface area contributed by atoms with Crippen LogP contribution in [0, 0.1) is 0 Å². The Kier molecular flexibility index (Phi) is 5.41. The fourth-order valence-corrected chi connectivity index (χ4v) is 2.80. The minimum atomic E-state index is -0.0656. The van der Waals surface area contributed by atoms with Crippen molar-refractivity contribution in [1.82, 2.24) is 10.6 Å². The van der Waals surface area contributed by atoms with E-state index in [0.717, 1.165) is 25.1 Å². The first kappa shape index (κ1) is 14.9. The van der Waals surface area contributed by atoms with Gasteiger partial charge in [-0.2, -0.15) is 0 Å². The molecule has 0 aromatic heterocycles. The zero-order chi connectivity index (χ0) is 14.4. The lowest BCUT2D eigenvalue weighted by Crippen LogP contribution is -2.29. The summed E-state index contributed by atoms with van der Waals surface area (Å²) in [7, 11) is 0. The molecule has 0 saturated carbocycles. The van der Waals surface area contributed by atoms with E-state index in [9.17, 15) is 4.79 Å². The zero-order valence-electron chi connectivity index (χ0n) is 12.4. The monoisotopic (exact) mass is 276 g/mol. The van der Waals surface area contributed by atoms with Crippen LogP contribution in [0.25, 0.3) is 0 Å². The summed E-state index contributed by atoms with van der Waals surface area (Å²) >= 11 is 0. The van der Waals surface area contributed by atoms with Gasteiger partial charge >= 0.3 is 0 Å². The van der Waals surface area contributed by atoms with Crippen molar-refractivity contribution in [3.8, 4) is 5.75 Å². The Labute approximate surface area is 120 Å². The number of benzene rings is 1. The zero-order valence-corrected chi connectivity index (χ0v) is 12.4. The van der Waals surface area contributed by atoms with Gasteiger partial charge in [-0.25, -0.2) is 0 Å². The van der Waals surface area contributed by atoms with Crippen LogP contribution in [0.3, 0.4) is 0 Å². The van der Waals surface area contributed by atoms with Crippen LogP contribution in [0.2, 0.25) is 0 Å². The van der Waals surface area contributed by atoms with Crippen molar-refractivity contribution in [2.45, 2.75) is 39.2 Å². The quantitative estimate of drug-likeness (QED) is 0.837. The van der Waals surface area contributed by atoms with E-state index >= 15 is 0 Å². The van der Waals surface area contributed by atoms with Gasteiger partial charge in [-0.15, -0.1) is 0 Å². The van der Waals surface area contributed by atoms with Crippen molar-refractivity contribution < 1.29 is 9.53 Å². The summed E-state index contributed by atoms with van der Waals surface area (Å²) in [6, 6.07) is 6.56. The van der Waals surface area contributed by atoms with Gasteiger partial charge in [0, 0.05) is 12.6 Å². The topological polar surface area (TPSA) is 50.4 Å². The molecule has 2 rings (SSSR count). The Balaban J connectivity index is 2.11. The second kappa shape index (κ2) is 7.29. The molecule has 0 radical (unpaired) electrons. The summed E-state index contributed by atoms with van der Waals surface area (Å²) in [5, 5.41) is 6.27. The predicted molar refractivity (Wildman–Crippen MR) is 80.0 cm³/mol. The third-order valence-corrected chi connectivity index (χ3v) is 3.65. The summed E-state index contributed by atoms with van der Waals surface area (Å²) in [6.07, 6.45) is 3.36. The van der Waals surface area contributed by atoms with E-state index in [0.29, 0.717) is 12.6 Å². The summed E-state index contributed by atoms with van der Waals surface area (Å²) in [6.45, 7) is 5.73. The number of amides is 1. The number of carbonyl (C=O) groups is 1. The number of fused-ring (bicyclic) bond motifs is 1. The second-order valence-electron chi connectivity index (χ2n) is 5.07. The van der Waals surface area contributed by atoms with Gasteiger partial charge in [0.25, 0.3) is 5.91 Å². The highest BCUT2D eigenvalue weighted by Gasteiger charge is 2.22. The molecule has 0 bridgehead atoms. The average Bonchev–Trinajstić information content (AvgIpc) is 2.46. The van der Waals surface area contributed by atoms with E-state index in [2.05, 4.69) is 23.6 Å². The van der Waals surface area contributed by atoms with E-state index in [1.165, 1.54) is 17.5 Å². The normalized spacial score (nSPS) is 17.4. The maximum atomic E-state index is 11.5. The van der Waals surface area contributed by atoms with Crippen LogP contribution >= 0.6 is 0 Å². The molecule has 110 valence electrons. The number of ether oxygens (including phenoxy) is 1. The van der Waals surface area contributed by atoms with Crippen molar-refractivity contribution in [1.29, 1.82) is 0 Å². The lowest BCUT2D eigenvalue weighted by Gasteiger charge is -2.27. The van der Waals surface area contributed by atoms with Crippen molar-refractivity contribution in [2.24, 2.45) is 0 Å². The fourth-order valence-electron chi connectivity index (χ4n) is 2.80. The molecule has 4 heteroatoms. The molecule has 1 aromatic carbocycles. The second-order valence-corrected chi connectivity index (χ2v) is 5.07. The average molecular weight is 276 g/mol. The van der Waals surface area contributed by atoms with E-state index in [1.807, 2.05) is 19.1 Å². The highest BCUT2D eigenvalue weighted by Crippen LogP contribution is 2.35. The Morgan fingerprint density at radius 1 is 1.35 bits per heavy atom. The maximum absolute atomic E-state index is 11.5. The van der Waals surface area contributed by atoms with Gasteiger partial charge in [-0.1, -0.05) is 19.1 Å². The molecule has 1 amide bonds. The van der Waals surface area contributed by atoms with Gasteiger partial charge < -0.3 is 15.4 Å². The summed E-state index contributed by atoms with van der Waals surface area (Å²) in [5.74, 6) is 0.792. The number of carbonyl (C=O) groups excluding carboxylic acids is 1. The van der Waals surface area contributed by atoms with Gasteiger partial charge in [0.1, 0.15) is 5.75 Å². The van der Waals surface area contributed by atoms with E-state index in [1.54, 1.807) is 0 Å². The van der Waals surface area contributed by atoms with Gasteiger partial charge in [-0.3, -0.25) is 4.79 Å². The molecule has 4 nitrogen and oxygen atoms in total. The molecule has 1 unspecified atom stereocenters. The number of rotatable bonds is 6. The molecule has 0 saturated heterocycles. The van der Waals surface area contributed by atoms with Crippen LogP contribution in [0.15, 0.2) is 18.2 Å². The fraction of sp³-hybridized carbons (Fsp3) is 0.562. The SMILES string of the molecule is CCNC(=O)COc1cccc2c1CCCC2NCC. The Hall–Kier alpha value is -1.55. The molecule has 20 heavy (non-hydrogen) atoms. The first-order valence-corrected chi connectivity index (χ1v) is 7.50. The highest BCUT2D eigenvalue weighted by molar-refractivity contribution is 5.77. The van der Waals surface area contributed by atoms with Gasteiger partial charge in [-0.05, 0) is 49.9 Å². The van der Waals surface area contributed by atoms with Crippen LogP contribution in [-0.4, -0.2) is 25.6 Å². The molecule has 0 aliphatic heterocycles. The van der Waals surface area contributed by atoms with Crippen molar-refractivity contribution >= 4 is 5.91 Å². The molecule has 0 spiro atoms. The maximum Gasteiger partial charge on any atom is 0.257 e. The van der Waals surface area contributed by atoms with Crippen LogP contribution in [0.5, 0.6) is 5.75 Å². The molecule has 1 aliphatic carbocycles. The lowest BCUT2D eigenvalue weighted by molar-refractivity contribution is -0.122. The number of likely N-dealkylation sites (N-methyl/N-ethyl adjacent to an activating group) is 1.